The average Bonchev–Trinajstić information content (AvgIpc) is 3.22. The fraction of sp³-hybridized carbons (Fsp3) is 0.148. The predicted octanol–water partition coefficient (Wildman–Crippen LogP) is 4.34. The van der Waals surface area contributed by atoms with Gasteiger partial charge in [-0.1, -0.05) is 42.5 Å². The first-order chi connectivity index (χ1) is 17.5. The second-order valence-corrected chi connectivity index (χ2v) is 9.34. The van der Waals surface area contributed by atoms with Gasteiger partial charge in [0.2, 0.25) is 11.8 Å². The Kier molecular flexibility index (Phi) is 6.47. The van der Waals surface area contributed by atoms with Crippen LogP contribution in [0.5, 0.6) is 5.75 Å². The number of aromatic nitrogens is 2. The Balaban J connectivity index is 1.82. The molecule has 2 heterocycles. The monoisotopic (exact) mass is 502 g/mol. The minimum atomic E-state index is -0.636. The number of halogens is 1. The second-order valence-electron chi connectivity index (χ2n) is 8.25. The number of hydrogen-bond acceptors (Lipinski definition) is 5. The van der Waals surface area contributed by atoms with Crippen LogP contribution in [-0.2, 0) is 9.59 Å². The molecule has 1 aliphatic heterocycles. The first-order valence-corrected chi connectivity index (χ1v) is 12.3. The summed E-state index contributed by atoms with van der Waals surface area (Å²) in [5.41, 5.74) is 9.34. The number of nitrogens with two attached hydrogens (primary N) is 1. The third-order valence-corrected chi connectivity index (χ3v) is 7.19. The number of thioether (sulfide) groups is 1. The zero-order valence-corrected chi connectivity index (χ0v) is 20.2. The number of carbonyl (C=O) groups is 2. The van der Waals surface area contributed by atoms with E-state index in [1.807, 2.05) is 42.5 Å². The van der Waals surface area contributed by atoms with Gasteiger partial charge in [-0.05, 0) is 42.0 Å². The van der Waals surface area contributed by atoms with Crippen molar-refractivity contribution in [3.8, 4) is 22.7 Å². The number of carbonyl (C=O) groups excluding carboxylic acids is 2. The number of amides is 2. The summed E-state index contributed by atoms with van der Waals surface area (Å²) in [5, 5.41) is 4.61. The largest absolute Gasteiger partial charge is 0.497 e. The van der Waals surface area contributed by atoms with Crippen LogP contribution in [0.25, 0.3) is 16.9 Å². The minimum absolute atomic E-state index is 0.112. The van der Waals surface area contributed by atoms with Crippen molar-refractivity contribution < 1.29 is 18.7 Å². The highest BCUT2D eigenvalue weighted by Gasteiger charge is 2.37. The molecule has 1 aromatic heterocycles. The topological polar surface area (TPSA) is 90.4 Å². The molecule has 0 saturated heterocycles. The van der Waals surface area contributed by atoms with Crippen molar-refractivity contribution in [3.63, 3.8) is 0 Å². The zero-order valence-electron chi connectivity index (χ0n) is 19.4. The van der Waals surface area contributed by atoms with Crippen LogP contribution in [0, 0.1) is 5.82 Å². The Labute approximate surface area is 211 Å². The SMILES string of the molecule is COc1ccc(-n2nc(-c3ccccc3)c3c2N(CC(N)=O)C(=O)CS[C@@H]3c2ccc(F)cc2)cc1. The van der Waals surface area contributed by atoms with Gasteiger partial charge < -0.3 is 10.5 Å². The van der Waals surface area contributed by atoms with E-state index in [1.165, 1.54) is 28.8 Å². The Morgan fingerprint density at radius 3 is 2.42 bits per heavy atom. The molecular weight excluding hydrogens is 479 g/mol. The van der Waals surface area contributed by atoms with Gasteiger partial charge in [0.25, 0.3) is 0 Å². The lowest BCUT2D eigenvalue weighted by molar-refractivity contribution is -0.121. The number of primary amides is 1. The lowest BCUT2D eigenvalue weighted by Crippen LogP contribution is -2.40. The van der Waals surface area contributed by atoms with E-state index in [2.05, 4.69) is 0 Å². The average molecular weight is 503 g/mol. The number of rotatable bonds is 6. The first-order valence-electron chi connectivity index (χ1n) is 11.2. The summed E-state index contributed by atoms with van der Waals surface area (Å²) in [7, 11) is 1.58. The van der Waals surface area contributed by atoms with Crippen LogP contribution in [0.2, 0.25) is 0 Å². The van der Waals surface area contributed by atoms with Crippen molar-refractivity contribution >= 4 is 29.4 Å². The molecule has 0 aliphatic carbocycles. The van der Waals surface area contributed by atoms with Crippen molar-refractivity contribution in [2.24, 2.45) is 5.73 Å². The van der Waals surface area contributed by atoms with Gasteiger partial charge in [-0.15, -0.1) is 11.8 Å². The van der Waals surface area contributed by atoms with Gasteiger partial charge in [0, 0.05) is 11.1 Å². The van der Waals surface area contributed by atoms with E-state index in [4.69, 9.17) is 15.6 Å². The summed E-state index contributed by atoms with van der Waals surface area (Å²) in [6.07, 6.45) is 0. The maximum Gasteiger partial charge on any atom is 0.238 e. The molecule has 2 amide bonds. The molecule has 0 spiro atoms. The van der Waals surface area contributed by atoms with Crippen LogP contribution >= 0.6 is 11.8 Å². The van der Waals surface area contributed by atoms with E-state index in [9.17, 15) is 14.0 Å². The summed E-state index contributed by atoms with van der Waals surface area (Å²) in [6.45, 7) is -0.293. The van der Waals surface area contributed by atoms with Crippen LogP contribution < -0.4 is 15.4 Å². The summed E-state index contributed by atoms with van der Waals surface area (Å²) >= 11 is 1.41. The Bertz CT molecular complexity index is 1410. The van der Waals surface area contributed by atoms with E-state index in [1.54, 1.807) is 36.1 Å². The molecule has 1 atom stereocenters. The van der Waals surface area contributed by atoms with Crippen molar-refractivity contribution in [2.75, 3.05) is 24.3 Å². The molecule has 3 aromatic carbocycles. The zero-order chi connectivity index (χ0) is 25.2. The third kappa shape index (κ3) is 4.45. The Morgan fingerprint density at radius 2 is 1.78 bits per heavy atom. The molecule has 2 N–H and O–H groups in total. The van der Waals surface area contributed by atoms with Crippen LogP contribution in [0.1, 0.15) is 16.4 Å². The van der Waals surface area contributed by atoms with Crippen molar-refractivity contribution in [1.82, 2.24) is 9.78 Å². The third-order valence-electron chi connectivity index (χ3n) is 5.94. The molecule has 182 valence electrons. The summed E-state index contributed by atoms with van der Waals surface area (Å²) in [4.78, 5) is 26.8. The smallest absolute Gasteiger partial charge is 0.238 e. The van der Waals surface area contributed by atoms with Gasteiger partial charge in [0.05, 0.1) is 29.5 Å². The highest BCUT2D eigenvalue weighted by atomic mass is 32.2. The molecule has 4 aromatic rings. The molecule has 9 heteroatoms. The summed E-state index contributed by atoms with van der Waals surface area (Å²) in [5.74, 6) is -0.00316. The molecule has 7 nitrogen and oxygen atoms in total. The Morgan fingerprint density at radius 1 is 1.08 bits per heavy atom. The standard InChI is InChI=1S/C27H23FN4O3S/c1-35-21-13-11-20(12-14-21)32-27-24(25(30-32)17-5-3-2-4-6-17)26(18-7-9-19(28)10-8-18)36-16-23(34)31(27)15-22(29)33/h2-14,26H,15-16H2,1H3,(H2,29,33)/t26-/m1/s1. The highest BCUT2D eigenvalue weighted by Crippen LogP contribution is 2.48. The molecule has 0 unspecified atom stereocenters. The quantitative estimate of drug-likeness (QED) is 0.424. The number of hydrogen-bond donors (Lipinski definition) is 1. The molecule has 0 fully saturated rings. The lowest BCUT2D eigenvalue weighted by atomic mass is 9.99. The molecule has 0 saturated carbocycles. The van der Waals surface area contributed by atoms with Crippen LogP contribution in [0.15, 0.2) is 78.9 Å². The van der Waals surface area contributed by atoms with Crippen molar-refractivity contribution in [2.45, 2.75) is 5.25 Å². The molecule has 36 heavy (non-hydrogen) atoms. The molecular formula is C27H23FN4O3S. The Hall–Kier alpha value is -4.11. The first kappa shape index (κ1) is 23.6. The van der Waals surface area contributed by atoms with E-state index >= 15 is 0 Å². The maximum absolute atomic E-state index is 13.8. The normalized spacial score (nSPS) is 15.3. The van der Waals surface area contributed by atoms with E-state index in [-0.39, 0.29) is 29.3 Å². The number of anilines is 1. The number of benzene rings is 3. The lowest BCUT2D eigenvalue weighted by Gasteiger charge is -2.22. The van der Waals surface area contributed by atoms with Crippen LogP contribution in [-0.4, -0.2) is 41.0 Å². The summed E-state index contributed by atoms with van der Waals surface area (Å²) < 4.78 is 20.7. The predicted molar refractivity (Wildman–Crippen MR) is 138 cm³/mol. The molecule has 0 bridgehead atoms. The van der Waals surface area contributed by atoms with Gasteiger partial charge in [-0.2, -0.15) is 5.10 Å². The fourth-order valence-electron chi connectivity index (χ4n) is 4.29. The van der Waals surface area contributed by atoms with Crippen molar-refractivity contribution in [3.05, 3.63) is 95.8 Å². The molecule has 1 aliphatic rings. The number of nitrogens with zero attached hydrogens (tertiary/aromatic N) is 3. The van der Waals surface area contributed by atoms with Crippen LogP contribution in [0.4, 0.5) is 10.2 Å². The molecule has 5 rings (SSSR count). The number of ether oxygens (including phenoxy) is 1. The van der Waals surface area contributed by atoms with Gasteiger partial charge in [0.15, 0.2) is 0 Å². The second kappa shape index (κ2) is 9.87. The van der Waals surface area contributed by atoms with Gasteiger partial charge >= 0.3 is 0 Å². The van der Waals surface area contributed by atoms with Gasteiger partial charge in [0.1, 0.15) is 23.9 Å². The van der Waals surface area contributed by atoms with Gasteiger partial charge in [-0.3, -0.25) is 14.5 Å². The van der Waals surface area contributed by atoms with E-state index < -0.39 is 5.91 Å². The van der Waals surface area contributed by atoms with Gasteiger partial charge in [-0.25, -0.2) is 9.07 Å². The molecule has 0 radical (unpaired) electrons. The van der Waals surface area contributed by atoms with E-state index in [0.717, 1.165) is 16.7 Å². The maximum atomic E-state index is 13.8. The van der Waals surface area contributed by atoms with Crippen LogP contribution in [0.3, 0.4) is 0 Å². The van der Waals surface area contributed by atoms with Crippen molar-refractivity contribution in [1.29, 1.82) is 0 Å². The number of methoxy groups -OCH3 is 1. The van der Waals surface area contributed by atoms with E-state index in [0.29, 0.717) is 22.9 Å². The highest BCUT2D eigenvalue weighted by molar-refractivity contribution is 8.00. The number of fused-ring (bicyclic) bond motifs is 1. The fourth-order valence-corrected chi connectivity index (χ4v) is 5.49. The minimum Gasteiger partial charge on any atom is -0.497 e. The summed E-state index contributed by atoms with van der Waals surface area (Å²) in [6, 6.07) is 23.1.